The first-order chi connectivity index (χ1) is 10.1. The molecule has 0 saturated heterocycles. The number of esters is 1. The molecule has 0 spiro atoms. The molecule has 0 N–H and O–H groups in total. The van der Waals surface area contributed by atoms with Crippen LogP contribution in [-0.4, -0.2) is 30.2 Å². The van der Waals surface area contributed by atoms with Crippen LogP contribution in [0.4, 0.5) is 8.78 Å². The highest BCUT2D eigenvalue weighted by atomic mass is 19.3. The number of carbonyl (C=O) groups excluding carboxylic acids is 1. The second-order valence-electron chi connectivity index (χ2n) is 4.02. The SMILES string of the molecule is COC(=O)c1ccncc1-c1cc(C(F)F)ncc1OC. The molecule has 0 aliphatic heterocycles. The van der Waals surface area contributed by atoms with Crippen LogP contribution in [0.1, 0.15) is 22.5 Å². The van der Waals surface area contributed by atoms with Crippen molar-refractivity contribution in [3.63, 3.8) is 0 Å². The third-order valence-electron chi connectivity index (χ3n) is 2.85. The quantitative estimate of drug-likeness (QED) is 0.811. The zero-order valence-corrected chi connectivity index (χ0v) is 11.3. The fourth-order valence-electron chi connectivity index (χ4n) is 1.85. The van der Waals surface area contributed by atoms with Crippen molar-refractivity contribution < 1.29 is 23.0 Å². The minimum absolute atomic E-state index is 0.206. The lowest BCUT2D eigenvalue weighted by molar-refractivity contribution is 0.0601. The molecule has 5 nitrogen and oxygen atoms in total. The Morgan fingerprint density at radius 3 is 2.62 bits per heavy atom. The molecule has 2 heterocycles. The van der Waals surface area contributed by atoms with E-state index in [1.807, 2.05) is 0 Å². The van der Waals surface area contributed by atoms with Gasteiger partial charge in [0.2, 0.25) is 0 Å². The fourth-order valence-corrected chi connectivity index (χ4v) is 1.85. The minimum Gasteiger partial charge on any atom is -0.494 e. The van der Waals surface area contributed by atoms with Crippen LogP contribution in [0, 0.1) is 0 Å². The Labute approximate surface area is 119 Å². The fraction of sp³-hybridized carbons (Fsp3) is 0.214. The van der Waals surface area contributed by atoms with Gasteiger partial charge in [-0.3, -0.25) is 9.97 Å². The topological polar surface area (TPSA) is 61.3 Å². The summed E-state index contributed by atoms with van der Waals surface area (Å²) in [5, 5.41) is 0. The second kappa shape index (κ2) is 6.25. The molecule has 2 aromatic heterocycles. The first kappa shape index (κ1) is 14.8. The molecular formula is C14H12F2N2O3. The largest absolute Gasteiger partial charge is 0.494 e. The predicted octanol–water partition coefficient (Wildman–Crippen LogP) is 2.88. The summed E-state index contributed by atoms with van der Waals surface area (Å²) in [5.41, 5.74) is 0.435. The van der Waals surface area contributed by atoms with Gasteiger partial charge in [0.1, 0.15) is 11.4 Å². The van der Waals surface area contributed by atoms with Gasteiger partial charge in [0.15, 0.2) is 0 Å². The van der Waals surface area contributed by atoms with E-state index in [1.54, 1.807) is 0 Å². The van der Waals surface area contributed by atoms with Gasteiger partial charge in [0, 0.05) is 23.5 Å². The molecule has 0 aliphatic rings. The summed E-state index contributed by atoms with van der Waals surface area (Å²) in [6.45, 7) is 0. The molecule has 2 rings (SSSR count). The predicted molar refractivity (Wildman–Crippen MR) is 70.3 cm³/mol. The molecule has 0 amide bonds. The molecule has 0 unspecified atom stereocenters. The van der Waals surface area contributed by atoms with E-state index in [9.17, 15) is 13.6 Å². The monoisotopic (exact) mass is 294 g/mol. The van der Waals surface area contributed by atoms with E-state index in [4.69, 9.17) is 4.74 Å². The average molecular weight is 294 g/mol. The summed E-state index contributed by atoms with van der Waals surface area (Å²) in [5.74, 6) is -0.331. The van der Waals surface area contributed by atoms with E-state index in [1.165, 1.54) is 44.9 Å². The zero-order valence-electron chi connectivity index (χ0n) is 11.3. The van der Waals surface area contributed by atoms with Crippen molar-refractivity contribution in [2.45, 2.75) is 6.43 Å². The normalized spacial score (nSPS) is 10.5. The van der Waals surface area contributed by atoms with Gasteiger partial charge in [-0.1, -0.05) is 0 Å². The van der Waals surface area contributed by atoms with Gasteiger partial charge in [0.05, 0.1) is 26.0 Å². The Morgan fingerprint density at radius 1 is 1.24 bits per heavy atom. The number of aromatic nitrogens is 2. The standard InChI is InChI=1S/C14H12F2N2O3/c1-20-12-7-18-11(13(15)16)5-9(12)10-6-17-4-3-8(10)14(19)21-2/h3-7,13H,1-2H3. The lowest BCUT2D eigenvalue weighted by atomic mass is 10.0. The molecule has 0 atom stereocenters. The average Bonchev–Trinajstić information content (AvgIpc) is 2.53. The number of ether oxygens (including phenoxy) is 2. The highest BCUT2D eigenvalue weighted by Gasteiger charge is 2.19. The van der Waals surface area contributed by atoms with Crippen molar-refractivity contribution in [2.24, 2.45) is 0 Å². The minimum atomic E-state index is -2.73. The Bertz CT molecular complexity index is 662. The first-order valence-electron chi connectivity index (χ1n) is 5.93. The molecule has 21 heavy (non-hydrogen) atoms. The molecule has 0 bridgehead atoms. The van der Waals surface area contributed by atoms with Crippen molar-refractivity contribution >= 4 is 5.97 Å². The molecule has 0 aromatic carbocycles. The smallest absolute Gasteiger partial charge is 0.338 e. The molecule has 2 aromatic rings. The molecular weight excluding hydrogens is 282 g/mol. The Hall–Kier alpha value is -2.57. The lowest BCUT2D eigenvalue weighted by Gasteiger charge is -2.12. The lowest BCUT2D eigenvalue weighted by Crippen LogP contribution is -2.05. The number of alkyl halides is 2. The van der Waals surface area contributed by atoms with Crippen molar-refractivity contribution in [2.75, 3.05) is 14.2 Å². The molecule has 0 aliphatic carbocycles. The molecule has 0 radical (unpaired) electrons. The number of methoxy groups -OCH3 is 2. The van der Waals surface area contributed by atoms with Crippen LogP contribution < -0.4 is 4.74 Å². The van der Waals surface area contributed by atoms with Crippen LogP contribution in [0.15, 0.2) is 30.7 Å². The number of hydrogen-bond donors (Lipinski definition) is 0. The van der Waals surface area contributed by atoms with Crippen LogP contribution in [-0.2, 0) is 4.74 Å². The van der Waals surface area contributed by atoms with E-state index in [0.717, 1.165) is 0 Å². The second-order valence-corrected chi connectivity index (χ2v) is 4.02. The van der Waals surface area contributed by atoms with Gasteiger partial charge in [-0.2, -0.15) is 0 Å². The maximum atomic E-state index is 12.8. The van der Waals surface area contributed by atoms with Crippen LogP contribution >= 0.6 is 0 Å². The van der Waals surface area contributed by atoms with E-state index in [-0.39, 0.29) is 11.3 Å². The third kappa shape index (κ3) is 2.96. The van der Waals surface area contributed by atoms with Gasteiger partial charge in [-0.15, -0.1) is 0 Å². The van der Waals surface area contributed by atoms with Crippen molar-refractivity contribution in [1.29, 1.82) is 0 Å². The van der Waals surface area contributed by atoms with Crippen molar-refractivity contribution in [3.8, 4) is 16.9 Å². The number of hydrogen-bond acceptors (Lipinski definition) is 5. The number of nitrogens with zero attached hydrogens (tertiary/aromatic N) is 2. The summed E-state index contributed by atoms with van der Waals surface area (Å²) in [4.78, 5) is 19.3. The zero-order chi connectivity index (χ0) is 15.4. The van der Waals surface area contributed by atoms with E-state index in [0.29, 0.717) is 11.1 Å². The summed E-state index contributed by atoms with van der Waals surface area (Å²) >= 11 is 0. The highest BCUT2D eigenvalue weighted by molar-refractivity contribution is 5.97. The van der Waals surface area contributed by atoms with Gasteiger partial charge in [-0.25, -0.2) is 13.6 Å². The van der Waals surface area contributed by atoms with Gasteiger partial charge in [0.25, 0.3) is 6.43 Å². The van der Waals surface area contributed by atoms with Crippen LogP contribution in [0.3, 0.4) is 0 Å². The van der Waals surface area contributed by atoms with Crippen LogP contribution in [0.2, 0.25) is 0 Å². The molecule has 0 fully saturated rings. The number of rotatable bonds is 4. The number of pyridine rings is 2. The third-order valence-corrected chi connectivity index (χ3v) is 2.85. The van der Waals surface area contributed by atoms with E-state index in [2.05, 4.69) is 14.7 Å². The summed E-state index contributed by atoms with van der Waals surface area (Å²) in [6, 6.07) is 2.62. The highest BCUT2D eigenvalue weighted by Crippen LogP contribution is 2.34. The van der Waals surface area contributed by atoms with Crippen molar-refractivity contribution in [1.82, 2.24) is 9.97 Å². The molecule has 110 valence electrons. The summed E-state index contributed by atoms with van der Waals surface area (Å²) in [6.07, 6.45) is 1.26. The first-order valence-corrected chi connectivity index (χ1v) is 5.93. The number of carbonyl (C=O) groups is 1. The van der Waals surface area contributed by atoms with Gasteiger partial charge >= 0.3 is 5.97 Å². The summed E-state index contributed by atoms with van der Waals surface area (Å²) in [7, 11) is 2.62. The van der Waals surface area contributed by atoms with Crippen LogP contribution in [0.5, 0.6) is 5.75 Å². The van der Waals surface area contributed by atoms with Gasteiger partial charge < -0.3 is 9.47 Å². The Morgan fingerprint density at radius 2 is 2.00 bits per heavy atom. The van der Waals surface area contributed by atoms with Crippen molar-refractivity contribution in [3.05, 3.63) is 42.0 Å². The maximum Gasteiger partial charge on any atom is 0.338 e. The summed E-state index contributed by atoms with van der Waals surface area (Å²) < 4.78 is 35.4. The van der Waals surface area contributed by atoms with Gasteiger partial charge in [-0.05, 0) is 12.1 Å². The maximum absolute atomic E-state index is 12.8. The number of halogens is 2. The van der Waals surface area contributed by atoms with E-state index >= 15 is 0 Å². The Balaban J connectivity index is 2.65. The van der Waals surface area contributed by atoms with E-state index < -0.39 is 18.1 Å². The Kier molecular flexibility index (Phi) is 4.42. The molecule has 7 heteroatoms. The molecule has 0 saturated carbocycles. The van der Waals surface area contributed by atoms with Crippen LogP contribution in [0.25, 0.3) is 11.1 Å².